The second kappa shape index (κ2) is 6.95. The molecule has 1 heterocycles. The van der Waals surface area contributed by atoms with Crippen LogP contribution in [0.15, 0.2) is 0 Å². The highest BCUT2D eigenvalue weighted by atomic mass is 16.4. The summed E-state index contributed by atoms with van der Waals surface area (Å²) in [5.74, 6) is -1.03. The Labute approximate surface area is 121 Å². The van der Waals surface area contributed by atoms with Gasteiger partial charge in [0, 0.05) is 13.1 Å². The molecular weight excluding hydrogens is 256 g/mol. The summed E-state index contributed by atoms with van der Waals surface area (Å²) in [6.45, 7) is 9.63. The number of amides is 2. The number of carbonyl (C=O) groups is 2. The van der Waals surface area contributed by atoms with E-state index in [9.17, 15) is 14.7 Å². The highest BCUT2D eigenvalue weighted by Crippen LogP contribution is 2.29. The van der Waals surface area contributed by atoms with Gasteiger partial charge in [-0.3, -0.25) is 0 Å². The van der Waals surface area contributed by atoms with Gasteiger partial charge in [0.1, 0.15) is 6.04 Å². The van der Waals surface area contributed by atoms with E-state index < -0.39 is 12.0 Å². The molecule has 0 aromatic heterocycles. The topological polar surface area (TPSA) is 69.6 Å². The quantitative estimate of drug-likeness (QED) is 0.834. The van der Waals surface area contributed by atoms with Crippen molar-refractivity contribution in [2.24, 2.45) is 11.3 Å². The van der Waals surface area contributed by atoms with Crippen molar-refractivity contribution >= 4 is 12.0 Å². The minimum absolute atomic E-state index is 0.0696. The van der Waals surface area contributed by atoms with Crippen molar-refractivity contribution < 1.29 is 14.7 Å². The Balaban J connectivity index is 2.62. The van der Waals surface area contributed by atoms with E-state index in [1.54, 1.807) is 4.90 Å². The van der Waals surface area contributed by atoms with E-state index in [0.717, 1.165) is 25.7 Å². The molecule has 0 aromatic rings. The van der Waals surface area contributed by atoms with Crippen LogP contribution in [0.4, 0.5) is 4.79 Å². The smallest absolute Gasteiger partial charge is 0.326 e. The molecule has 5 heteroatoms. The number of urea groups is 1. The average Bonchev–Trinajstić information content (AvgIpc) is 2.55. The largest absolute Gasteiger partial charge is 0.480 e. The molecule has 20 heavy (non-hydrogen) atoms. The molecule has 0 unspecified atom stereocenters. The minimum Gasteiger partial charge on any atom is -0.480 e. The van der Waals surface area contributed by atoms with E-state index in [2.05, 4.69) is 19.2 Å². The van der Waals surface area contributed by atoms with Crippen molar-refractivity contribution in [1.29, 1.82) is 0 Å². The predicted molar refractivity (Wildman–Crippen MR) is 78.6 cm³/mol. The van der Waals surface area contributed by atoms with Gasteiger partial charge in [-0.2, -0.15) is 0 Å². The van der Waals surface area contributed by atoms with Crippen molar-refractivity contribution in [2.75, 3.05) is 13.1 Å². The van der Waals surface area contributed by atoms with Gasteiger partial charge in [0.2, 0.25) is 0 Å². The molecule has 2 atom stereocenters. The van der Waals surface area contributed by atoms with Gasteiger partial charge in [0.25, 0.3) is 0 Å². The number of aliphatic carboxylic acids is 1. The molecule has 0 aliphatic carbocycles. The zero-order valence-corrected chi connectivity index (χ0v) is 13.1. The molecular formula is C15H28N2O3. The number of nitrogens with one attached hydrogen (secondary N) is 1. The number of likely N-dealkylation sites (tertiary alicyclic amines) is 1. The van der Waals surface area contributed by atoms with Crippen LogP contribution in [-0.4, -0.2) is 41.1 Å². The van der Waals surface area contributed by atoms with E-state index in [-0.39, 0.29) is 17.4 Å². The van der Waals surface area contributed by atoms with Gasteiger partial charge in [0.15, 0.2) is 0 Å². The van der Waals surface area contributed by atoms with Gasteiger partial charge in [-0.25, -0.2) is 9.59 Å². The molecule has 0 saturated carbocycles. The van der Waals surface area contributed by atoms with Gasteiger partial charge in [-0.15, -0.1) is 0 Å². The molecule has 0 spiro atoms. The summed E-state index contributed by atoms with van der Waals surface area (Å²) in [6.07, 6.45) is 3.76. The lowest BCUT2D eigenvalue weighted by Crippen LogP contribution is -2.50. The number of nitrogens with zero attached hydrogens (tertiary/aromatic N) is 1. The molecule has 5 nitrogen and oxygen atoms in total. The van der Waals surface area contributed by atoms with Crippen molar-refractivity contribution in [3.8, 4) is 0 Å². The fourth-order valence-electron chi connectivity index (χ4n) is 2.53. The van der Waals surface area contributed by atoms with Crippen molar-refractivity contribution in [1.82, 2.24) is 10.2 Å². The highest BCUT2D eigenvalue weighted by Gasteiger charge is 2.29. The van der Waals surface area contributed by atoms with Crippen LogP contribution in [0.1, 0.15) is 53.4 Å². The first kappa shape index (κ1) is 16.8. The van der Waals surface area contributed by atoms with E-state index in [1.807, 2.05) is 13.8 Å². The first-order chi connectivity index (χ1) is 9.26. The summed E-state index contributed by atoms with van der Waals surface area (Å²) in [7, 11) is 0. The van der Waals surface area contributed by atoms with Crippen LogP contribution in [0.2, 0.25) is 0 Å². The molecule has 2 N–H and O–H groups in total. The third kappa shape index (κ3) is 4.69. The molecule has 1 rings (SSSR count). The van der Waals surface area contributed by atoms with Crippen LogP contribution < -0.4 is 5.32 Å². The Morgan fingerprint density at radius 1 is 1.30 bits per heavy atom. The number of hydrogen-bond acceptors (Lipinski definition) is 2. The van der Waals surface area contributed by atoms with Crippen LogP contribution in [0.5, 0.6) is 0 Å². The zero-order chi connectivity index (χ0) is 15.3. The van der Waals surface area contributed by atoms with Crippen molar-refractivity contribution in [3.05, 3.63) is 0 Å². The summed E-state index contributed by atoms with van der Waals surface area (Å²) >= 11 is 0. The van der Waals surface area contributed by atoms with E-state index in [4.69, 9.17) is 0 Å². The summed E-state index contributed by atoms with van der Waals surface area (Å²) < 4.78 is 0. The molecule has 0 radical (unpaired) electrons. The number of rotatable bonds is 4. The second-order valence-electron chi connectivity index (χ2n) is 6.66. The van der Waals surface area contributed by atoms with Crippen LogP contribution >= 0.6 is 0 Å². The van der Waals surface area contributed by atoms with Crippen LogP contribution in [-0.2, 0) is 4.79 Å². The standard InChI is InChI=1S/C15H28N2O3/c1-5-11(2)12(13(18)19)16-14(20)17-9-6-7-15(3,4)8-10-17/h11-12H,5-10H2,1-4H3,(H,16,20)(H,18,19)/t11-,12-/m0/s1. The van der Waals surface area contributed by atoms with Crippen LogP contribution in [0.25, 0.3) is 0 Å². The third-order valence-corrected chi connectivity index (χ3v) is 4.39. The summed E-state index contributed by atoms with van der Waals surface area (Å²) in [5, 5.41) is 11.9. The fraction of sp³-hybridized carbons (Fsp3) is 0.867. The summed E-state index contributed by atoms with van der Waals surface area (Å²) in [4.78, 5) is 25.3. The lowest BCUT2D eigenvalue weighted by Gasteiger charge is -2.27. The van der Waals surface area contributed by atoms with Crippen LogP contribution in [0, 0.1) is 11.3 Å². The Hall–Kier alpha value is -1.26. The maximum Gasteiger partial charge on any atom is 0.326 e. The third-order valence-electron chi connectivity index (χ3n) is 4.39. The summed E-state index contributed by atoms with van der Waals surface area (Å²) in [5.41, 5.74) is 0.262. The second-order valence-corrected chi connectivity index (χ2v) is 6.66. The maximum absolute atomic E-state index is 12.2. The Morgan fingerprint density at radius 2 is 1.95 bits per heavy atom. The molecule has 0 bridgehead atoms. The molecule has 2 amide bonds. The average molecular weight is 284 g/mol. The lowest BCUT2D eigenvalue weighted by molar-refractivity contribution is -0.140. The molecule has 1 aliphatic heterocycles. The summed E-state index contributed by atoms with van der Waals surface area (Å²) in [6, 6.07) is -1.04. The zero-order valence-electron chi connectivity index (χ0n) is 13.1. The molecule has 1 fully saturated rings. The minimum atomic E-state index is -0.956. The van der Waals surface area contributed by atoms with E-state index in [0.29, 0.717) is 13.1 Å². The Kier molecular flexibility index (Phi) is 5.84. The fourth-order valence-corrected chi connectivity index (χ4v) is 2.53. The first-order valence-corrected chi connectivity index (χ1v) is 7.55. The lowest BCUT2D eigenvalue weighted by atomic mass is 9.85. The maximum atomic E-state index is 12.2. The molecule has 1 aliphatic rings. The van der Waals surface area contributed by atoms with Crippen LogP contribution in [0.3, 0.4) is 0 Å². The molecule has 1 saturated heterocycles. The normalized spacial score (nSPS) is 21.7. The first-order valence-electron chi connectivity index (χ1n) is 7.55. The molecule has 0 aromatic carbocycles. The highest BCUT2D eigenvalue weighted by molar-refractivity contribution is 5.82. The number of carbonyl (C=O) groups excluding carboxylic acids is 1. The molecule has 116 valence electrons. The Morgan fingerprint density at radius 3 is 2.50 bits per heavy atom. The van der Waals surface area contributed by atoms with Crippen molar-refractivity contribution in [2.45, 2.75) is 59.4 Å². The predicted octanol–water partition coefficient (Wildman–Crippen LogP) is 2.71. The van der Waals surface area contributed by atoms with Gasteiger partial charge in [-0.05, 0) is 30.6 Å². The van der Waals surface area contributed by atoms with Gasteiger partial charge in [-0.1, -0.05) is 34.1 Å². The van der Waals surface area contributed by atoms with Gasteiger partial charge < -0.3 is 15.3 Å². The van der Waals surface area contributed by atoms with Crippen molar-refractivity contribution in [3.63, 3.8) is 0 Å². The number of carboxylic acids is 1. The Bertz CT molecular complexity index is 355. The number of hydrogen-bond donors (Lipinski definition) is 2. The van der Waals surface area contributed by atoms with E-state index >= 15 is 0 Å². The van der Waals surface area contributed by atoms with E-state index in [1.165, 1.54) is 0 Å². The van der Waals surface area contributed by atoms with Gasteiger partial charge in [0.05, 0.1) is 0 Å². The van der Waals surface area contributed by atoms with Gasteiger partial charge >= 0.3 is 12.0 Å². The number of carboxylic acid groups (broad SMARTS) is 1. The SMILES string of the molecule is CC[C@H](C)[C@H](NC(=O)N1CCCC(C)(C)CC1)C(=O)O. The monoisotopic (exact) mass is 284 g/mol.